The molecule has 0 fully saturated rings. The van der Waals surface area contributed by atoms with Gasteiger partial charge in [0.25, 0.3) is 0 Å². The van der Waals surface area contributed by atoms with Gasteiger partial charge in [0.15, 0.2) is 0 Å². The fraction of sp³-hybridized carbons (Fsp3) is 0.412. The number of hydrogen-bond acceptors (Lipinski definition) is 6. The zero-order chi connectivity index (χ0) is 17.7. The quantitative estimate of drug-likeness (QED) is 0.813. The van der Waals surface area contributed by atoms with Crippen molar-refractivity contribution < 1.29 is 9.47 Å². The third-order valence-corrected chi connectivity index (χ3v) is 3.94. The van der Waals surface area contributed by atoms with E-state index in [0.717, 1.165) is 24.6 Å². The zero-order valence-electron chi connectivity index (χ0n) is 14.7. The van der Waals surface area contributed by atoms with Crippen LogP contribution in [0, 0.1) is 6.92 Å². The standard InChI is InChI=1S/C17H23ClN4O2/c1-6-22(7-2)16-8-11(3)19-17(21-16)20-13-10-14(23-4)12(18)9-15(13)24-5/h8-10H,6-7H2,1-5H3,(H,19,20,21). The molecule has 1 N–H and O–H groups in total. The number of ether oxygens (including phenoxy) is 2. The number of aryl methyl sites for hydroxylation is 1. The molecule has 2 aromatic rings. The lowest BCUT2D eigenvalue weighted by molar-refractivity contribution is 0.405. The van der Waals surface area contributed by atoms with Crippen LogP contribution in [0.1, 0.15) is 19.5 Å². The maximum atomic E-state index is 6.14. The first-order chi connectivity index (χ1) is 11.5. The highest BCUT2D eigenvalue weighted by molar-refractivity contribution is 6.32. The Morgan fingerprint density at radius 2 is 1.71 bits per heavy atom. The molecule has 2 rings (SSSR count). The molecule has 130 valence electrons. The molecule has 0 saturated heterocycles. The average Bonchev–Trinajstić information content (AvgIpc) is 2.56. The van der Waals surface area contributed by atoms with E-state index in [1.54, 1.807) is 26.4 Å². The van der Waals surface area contributed by atoms with E-state index in [0.29, 0.717) is 28.2 Å². The van der Waals surface area contributed by atoms with Crippen LogP contribution in [0.4, 0.5) is 17.5 Å². The van der Waals surface area contributed by atoms with E-state index in [2.05, 4.69) is 34.0 Å². The topological polar surface area (TPSA) is 59.5 Å². The highest BCUT2D eigenvalue weighted by Gasteiger charge is 2.13. The monoisotopic (exact) mass is 350 g/mol. The van der Waals surface area contributed by atoms with Crippen molar-refractivity contribution in [3.63, 3.8) is 0 Å². The van der Waals surface area contributed by atoms with E-state index >= 15 is 0 Å². The number of benzene rings is 1. The van der Waals surface area contributed by atoms with Gasteiger partial charge in [0.2, 0.25) is 5.95 Å². The van der Waals surface area contributed by atoms with E-state index < -0.39 is 0 Å². The molecule has 0 atom stereocenters. The average molecular weight is 351 g/mol. The van der Waals surface area contributed by atoms with Gasteiger partial charge < -0.3 is 19.7 Å². The summed E-state index contributed by atoms with van der Waals surface area (Å²) in [4.78, 5) is 11.2. The maximum absolute atomic E-state index is 6.14. The Balaban J connectivity index is 2.40. The van der Waals surface area contributed by atoms with Gasteiger partial charge in [-0.3, -0.25) is 0 Å². The minimum absolute atomic E-state index is 0.480. The number of methoxy groups -OCH3 is 2. The van der Waals surface area contributed by atoms with Gasteiger partial charge in [0, 0.05) is 37.0 Å². The Bertz CT molecular complexity index is 705. The summed E-state index contributed by atoms with van der Waals surface area (Å²) in [6.45, 7) is 7.90. The van der Waals surface area contributed by atoms with Crippen molar-refractivity contribution >= 4 is 29.1 Å². The third kappa shape index (κ3) is 4.00. The van der Waals surface area contributed by atoms with Crippen molar-refractivity contribution in [2.45, 2.75) is 20.8 Å². The van der Waals surface area contributed by atoms with Crippen molar-refractivity contribution in [2.24, 2.45) is 0 Å². The highest BCUT2D eigenvalue weighted by atomic mass is 35.5. The summed E-state index contributed by atoms with van der Waals surface area (Å²) in [7, 11) is 3.15. The lowest BCUT2D eigenvalue weighted by Crippen LogP contribution is -2.23. The molecule has 0 spiro atoms. The minimum Gasteiger partial charge on any atom is -0.495 e. The molecule has 24 heavy (non-hydrogen) atoms. The molecule has 0 aliphatic heterocycles. The molecule has 1 aromatic carbocycles. The SMILES string of the molecule is CCN(CC)c1cc(C)nc(Nc2cc(OC)c(Cl)cc2OC)n1. The van der Waals surface area contributed by atoms with Crippen molar-refractivity contribution in [3.8, 4) is 11.5 Å². The highest BCUT2D eigenvalue weighted by Crippen LogP contribution is 2.37. The van der Waals surface area contributed by atoms with Gasteiger partial charge in [0.1, 0.15) is 17.3 Å². The summed E-state index contributed by atoms with van der Waals surface area (Å²) >= 11 is 6.14. The normalized spacial score (nSPS) is 10.4. The third-order valence-electron chi connectivity index (χ3n) is 3.65. The van der Waals surface area contributed by atoms with Gasteiger partial charge >= 0.3 is 0 Å². The van der Waals surface area contributed by atoms with Crippen molar-refractivity contribution in [2.75, 3.05) is 37.5 Å². The second-order valence-electron chi connectivity index (χ2n) is 5.18. The second-order valence-corrected chi connectivity index (χ2v) is 5.58. The van der Waals surface area contributed by atoms with E-state index in [1.807, 2.05) is 13.0 Å². The van der Waals surface area contributed by atoms with Crippen molar-refractivity contribution in [3.05, 3.63) is 28.9 Å². The predicted octanol–water partition coefficient (Wildman–Crippen LogP) is 4.05. The van der Waals surface area contributed by atoms with Gasteiger partial charge in [-0.15, -0.1) is 0 Å². The number of nitrogens with one attached hydrogen (secondary N) is 1. The molecule has 0 bridgehead atoms. The molecule has 0 unspecified atom stereocenters. The summed E-state index contributed by atoms with van der Waals surface area (Å²) < 4.78 is 10.6. The van der Waals surface area contributed by atoms with Crippen LogP contribution in [0.3, 0.4) is 0 Å². The molecule has 7 heteroatoms. The number of hydrogen-bond donors (Lipinski definition) is 1. The van der Waals surface area contributed by atoms with Crippen LogP contribution >= 0.6 is 11.6 Å². The van der Waals surface area contributed by atoms with Crippen LogP contribution in [0.25, 0.3) is 0 Å². The van der Waals surface area contributed by atoms with Crippen LogP contribution in [0.15, 0.2) is 18.2 Å². The molecule has 0 saturated carbocycles. The van der Waals surface area contributed by atoms with E-state index in [-0.39, 0.29) is 0 Å². The summed E-state index contributed by atoms with van der Waals surface area (Å²) in [6.07, 6.45) is 0. The van der Waals surface area contributed by atoms with Gasteiger partial charge in [0.05, 0.1) is 24.9 Å². The smallest absolute Gasteiger partial charge is 0.229 e. The number of nitrogens with zero attached hydrogens (tertiary/aromatic N) is 3. The largest absolute Gasteiger partial charge is 0.495 e. The summed E-state index contributed by atoms with van der Waals surface area (Å²) in [5.41, 5.74) is 1.57. The van der Waals surface area contributed by atoms with E-state index in [9.17, 15) is 0 Å². The number of rotatable bonds is 7. The zero-order valence-corrected chi connectivity index (χ0v) is 15.4. The first-order valence-electron chi connectivity index (χ1n) is 7.81. The molecular weight excluding hydrogens is 328 g/mol. The number of halogens is 1. The lowest BCUT2D eigenvalue weighted by atomic mass is 10.2. The second kappa shape index (κ2) is 8.06. The number of anilines is 3. The van der Waals surface area contributed by atoms with E-state index in [4.69, 9.17) is 21.1 Å². The van der Waals surface area contributed by atoms with Gasteiger partial charge in [-0.2, -0.15) is 4.98 Å². The first kappa shape index (κ1) is 18.1. The fourth-order valence-electron chi connectivity index (χ4n) is 2.40. The molecule has 1 heterocycles. The van der Waals surface area contributed by atoms with Crippen LogP contribution in [0.2, 0.25) is 5.02 Å². The minimum atomic E-state index is 0.480. The Morgan fingerprint density at radius 3 is 2.29 bits per heavy atom. The maximum Gasteiger partial charge on any atom is 0.229 e. The van der Waals surface area contributed by atoms with Crippen molar-refractivity contribution in [1.82, 2.24) is 9.97 Å². The van der Waals surface area contributed by atoms with Crippen LogP contribution in [0.5, 0.6) is 11.5 Å². The fourth-order valence-corrected chi connectivity index (χ4v) is 2.63. The van der Waals surface area contributed by atoms with Crippen LogP contribution in [-0.4, -0.2) is 37.3 Å². The molecular formula is C17H23ClN4O2. The Labute approximate surface area is 147 Å². The number of aromatic nitrogens is 2. The molecule has 0 amide bonds. The molecule has 0 radical (unpaired) electrons. The van der Waals surface area contributed by atoms with Gasteiger partial charge in [-0.05, 0) is 20.8 Å². The Morgan fingerprint density at radius 1 is 1.04 bits per heavy atom. The molecule has 0 aliphatic rings. The van der Waals surface area contributed by atoms with Crippen LogP contribution < -0.4 is 19.7 Å². The molecule has 0 aliphatic carbocycles. The summed E-state index contributed by atoms with van der Waals surface area (Å²) in [5, 5.41) is 3.68. The summed E-state index contributed by atoms with van der Waals surface area (Å²) in [5.74, 6) is 2.53. The van der Waals surface area contributed by atoms with Gasteiger partial charge in [-0.1, -0.05) is 11.6 Å². The van der Waals surface area contributed by atoms with Crippen molar-refractivity contribution in [1.29, 1.82) is 0 Å². The Hall–Kier alpha value is -2.21. The summed E-state index contributed by atoms with van der Waals surface area (Å²) in [6, 6.07) is 5.44. The first-order valence-corrected chi connectivity index (χ1v) is 8.19. The lowest BCUT2D eigenvalue weighted by Gasteiger charge is -2.21. The predicted molar refractivity (Wildman–Crippen MR) is 98.2 cm³/mol. The van der Waals surface area contributed by atoms with E-state index in [1.165, 1.54) is 0 Å². The van der Waals surface area contributed by atoms with Crippen LogP contribution in [-0.2, 0) is 0 Å². The molecule has 6 nitrogen and oxygen atoms in total. The Kier molecular flexibility index (Phi) is 6.09. The van der Waals surface area contributed by atoms with Gasteiger partial charge in [-0.25, -0.2) is 4.98 Å². The molecule has 1 aromatic heterocycles.